The Hall–Kier alpha value is -2.62. The molecule has 0 aliphatic carbocycles. The van der Waals surface area contributed by atoms with Crippen LogP contribution in [0, 0.1) is 6.92 Å². The van der Waals surface area contributed by atoms with Crippen molar-refractivity contribution in [1.82, 2.24) is 5.32 Å². The minimum absolute atomic E-state index is 0.0199. The van der Waals surface area contributed by atoms with Gasteiger partial charge in [0.25, 0.3) is 0 Å². The molecule has 126 valence electrons. The molecule has 0 fully saturated rings. The van der Waals surface area contributed by atoms with Crippen LogP contribution in [0.4, 0.5) is 0 Å². The van der Waals surface area contributed by atoms with Crippen LogP contribution < -0.4 is 5.32 Å². The van der Waals surface area contributed by atoms with Gasteiger partial charge in [-0.05, 0) is 50.5 Å². The molecule has 4 heteroatoms. The second-order valence-corrected chi connectivity index (χ2v) is 6.50. The predicted molar refractivity (Wildman–Crippen MR) is 94.3 cm³/mol. The van der Waals surface area contributed by atoms with E-state index in [1.807, 2.05) is 45.0 Å². The Kier molecular flexibility index (Phi) is 5.39. The van der Waals surface area contributed by atoms with E-state index in [9.17, 15) is 9.59 Å². The lowest BCUT2D eigenvalue weighted by Gasteiger charge is -2.24. The molecule has 0 unspecified atom stereocenters. The number of carboxylic acids is 1. The molecule has 0 saturated carbocycles. The smallest absolute Gasteiger partial charge is 0.335 e. The van der Waals surface area contributed by atoms with Crippen LogP contribution >= 0.6 is 0 Å². The van der Waals surface area contributed by atoms with Gasteiger partial charge < -0.3 is 10.4 Å². The number of hydrogen-bond acceptors (Lipinski definition) is 2. The Balaban J connectivity index is 1.92. The number of rotatable bonds is 6. The molecule has 4 nitrogen and oxygen atoms in total. The molecular weight excluding hydrogens is 302 g/mol. The zero-order valence-corrected chi connectivity index (χ0v) is 14.3. The van der Waals surface area contributed by atoms with Gasteiger partial charge in [0.2, 0.25) is 5.91 Å². The highest BCUT2D eigenvalue weighted by Crippen LogP contribution is 2.23. The van der Waals surface area contributed by atoms with Crippen LogP contribution in [0.15, 0.2) is 48.5 Å². The number of nitrogens with one attached hydrogen (secondary N) is 1. The molecule has 2 aromatic carbocycles. The maximum atomic E-state index is 12.5. The molecule has 24 heavy (non-hydrogen) atoms. The largest absolute Gasteiger partial charge is 0.478 e. The van der Waals surface area contributed by atoms with Crippen LogP contribution in [0.25, 0.3) is 0 Å². The average Bonchev–Trinajstić information content (AvgIpc) is 2.55. The fraction of sp³-hybridized carbons (Fsp3) is 0.300. The Bertz CT molecular complexity index is 716. The molecule has 0 spiro atoms. The van der Waals surface area contributed by atoms with Gasteiger partial charge in [-0.15, -0.1) is 0 Å². The van der Waals surface area contributed by atoms with Gasteiger partial charge in [-0.1, -0.05) is 42.0 Å². The molecule has 2 rings (SSSR count). The normalized spacial score (nSPS) is 11.1. The highest BCUT2D eigenvalue weighted by atomic mass is 16.4. The van der Waals surface area contributed by atoms with Crippen molar-refractivity contribution in [2.45, 2.75) is 32.6 Å². The molecule has 0 aromatic heterocycles. The summed E-state index contributed by atoms with van der Waals surface area (Å²) in [5, 5.41) is 11.8. The van der Waals surface area contributed by atoms with E-state index in [2.05, 4.69) is 5.32 Å². The summed E-state index contributed by atoms with van der Waals surface area (Å²) in [6.07, 6.45) is 0.662. The van der Waals surface area contributed by atoms with Gasteiger partial charge in [0.05, 0.1) is 11.0 Å². The van der Waals surface area contributed by atoms with Crippen molar-refractivity contribution in [2.75, 3.05) is 6.54 Å². The van der Waals surface area contributed by atoms with E-state index in [0.29, 0.717) is 13.0 Å². The predicted octanol–water partition coefficient (Wildman–Crippen LogP) is 3.33. The van der Waals surface area contributed by atoms with E-state index in [0.717, 1.165) is 11.1 Å². The number of aryl methyl sites for hydroxylation is 1. The van der Waals surface area contributed by atoms with Gasteiger partial charge in [0.1, 0.15) is 0 Å². The lowest BCUT2D eigenvalue weighted by molar-refractivity contribution is -0.125. The number of carbonyl (C=O) groups is 2. The average molecular weight is 325 g/mol. The van der Waals surface area contributed by atoms with E-state index in [-0.39, 0.29) is 11.5 Å². The molecule has 0 saturated heterocycles. The Morgan fingerprint density at radius 2 is 1.58 bits per heavy atom. The Labute approximate surface area is 142 Å². The number of benzene rings is 2. The van der Waals surface area contributed by atoms with E-state index >= 15 is 0 Å². The maximum absolute atomic E-state index is 12.5. The fourth-order valence-electron chi connectivity index (χ4n) is 2.46. The van der Waals surface area contributed by atoms with Crippen molar-refractivity contribution in [3.63, 3.8) is 0 Å². The van der Waals surface area contributed by atoms with E-state index in [1.165, 1.54) is 5.56 Å². The molecule has 0 aliphatic rings. The van der Waals surface area contributed by atoms with E-state index in [1.54, 1.807) is 24.3 Å². The molecule has 0 aliphatic heterocycles. The van der Waals surface area contributed by atoms with Gasteiger partial charge in [-0.2, -0.15) is 0 Å². The molecular formula is C20H23NO3. The third-order valence-corrected chi connectivity index (χ3v) is 4.24. The summed E-state index contributed by atoms with van der Waals surface area (Å²) < 4.78 is 0. The molecule has 2 aromatic rings. The number of hydrogen-bond donors (Lipinski definition) is 2. The van der Waals surface area contributed by atoms with Crippen molar-refractivity contribution < 1.29 is 14.7 Å². The minimum atomic E-state index is -0.935. The van der Waals surface area contributed by atoms with Crippen molar-refractivity contribution >= 4 is 11.9 Å². The monoisotopic (exact) mass is 325 g/mol. The Morgan fingerprint density at radius 1 is 1.00 bits per heavy atom. The lowest BCUT2D eigenvalue weighted by atomic mass is 9.83. The zero-order valence-electron chi connectivity index (χ0n) is 14.3. The summed E-state index contributed by atoms with van der Waals surface area (Å²) in [7, 11) is 0. The maximum Gasteiger partial charge on any atom is 0.335 e. The number of amides is 1. The highest BCUT2D eigenvalue weighted by molar-refractivity contribution is 5.88. The quantitative estimate of drug-likeness (QED) is 0.856. The summed E-state index contributed by atoms with van der Waals surface area (Å²) in [5.41, 5.74) is 2.81. The molecule has 1 amide bonds. The third-order valence-electron chi connectivity index (χ3n) is 4.24. The first kappa shape index (κ1) is 17.7. The lowest BCUT2D eigenvalue weighted by Crippen LogP contribution is -2.40. The highest BCUT2D eigenvalue weighted by Gasteiger charge is 2.29. The van der Waals surface area contributed by atoms with Crippen molar-refractivity contribution in [3.05, 3.63) is 70.8 Å². The van der Waals surface area contributed by atoms with Crippen LogP contribution in [0.5, 0.6) is 0 Å². The molecule has 0 atom stereocenters. The fourth-order valence-corrected chi connectivity index (χ4v) is 2.46. The Morgan fingerprint density at radius 3 is 2.12 bits per heavy atom. The van der Waals surface area contributed by atoms with Crippen molar-refractivity contribution in [3.8, 4) is 0 Å². The van der Waals surface area contributed by atoms with Gasteiger partial charge in [-0.25, -0.2) is 4.79 Å². The molecule has 0 heterocycles. The summed E-state index contributed by atoms with van der Waals surface area (Å²) in [5.74, 6) is -0.955. The second-order valence-electron chi connectivity index (χ2n) is 6.50. The standard InChI is InChI=1S/C20H23NO3/c1-14-4-10-17(11-5-14)20(2,3)19(24)21-13-12-15-6-8-16(9-7-15)18(22)23/h4-11H,12-13H2,1-3H3,(H,21,24)(H,22,23). The van der Waals surface area contributed by atoms with Crippen LogP contribution in [-0.4, -0.2) is 23.5 Å². The number of carbonyl (C=O) groups excluding carboxylic acids is 1. The second kappa shape index (κ2) is 7.30. The van der Waals surface area contributed by atoms with Gasteiger partial charge in [0.15, 0.2) is 0 Å². The summed E-state index contributed by atoms with van der Waals surface area (Å²) in [6, 6.07) is 14.7. The molecule has 0 bridgehead atoms. The molecule has 2 N–H and O–H groups in total. The van der Waals surface area contributed by atoms with Crippen LogP contribution in [-0.2, 0) is 16.6 Å². The number of aromatic carboxylic acids is 1. The first-order valence-electron chi connectivity index (χ1n) is 7.98. The van der Waals surface area contributed by atoms with Gasteiger partial charge in [-0.3, -0.25) is 4.79 Å². The first-order chi connectivity index (χ1) is 11.3. The third kappa shape index (κ3) is 4.22. The SMILES string of the molecule is Cc1ccc(C(C)(C)C(=O)NCCc2ccc(C(=O)O)cc2)cc1. The zero-order chi connectivity index (χ0) is 17.7. The van der Waals surface area contributed by atoms with E-state index in [4.69, 9.17) is 5.11 Å². The number of carboxylic acid groups (broad SMARTS) is 1. The van der Waals surface area contributed by atoms with Gasteiger partial charge >= 0.3 is 5.97 Å². The summed E-state index contributed by atoms with van der Waals surface area (Å²) in [6.45, 7) is 6.36. The van der Waals surface area contributed by atoms with Crippen LogP contribution in [0.3, 0.4) is 0 Å². The van der Waals surface area contributed by atoms with Crippen molar-refractivity contribution in [1.29, 1.82) is 0 Å². The summed E-state index contributed by atoms with van der Waals surface area (Å²) in [4.78, 5) is 23.3. The van der Waals surface area contributed by atoms with Gasteiger partial charge in [0, 0.05) is 6.54 Å². The van der Waals surface area contributed by atoms with Crippen molar-refractivity contribution in [2.24, 2.45) is 0 Å². The summed E-state index contributed by atoms with van der Waals surface area (Å²) >= 11 is 0. The van der Waals surface area contributed by atoms with Crippen LogP contribution in [0.1, 0.15) is 40.9 Å². The molecule has 0 radical (unpaired) electrons. The topological polar surface area (TPSA) is 66.4 Å². The van der Waals surface area contributed by atoms with E-state index < -0.39 is 11.4 Å². The van der Waals surface area contributed by atoms with Crippen LogP contribution in [0.2, 0.25) is 0 Å². The first-order valence-corrected chi connectivity index (χ1v) is 7.98. The minimum Gasteiger partial charge on any atom is -0.478 e.